The van der Waals surface area contributed by atoms with Crippen LogP contribution in [0.25, 0.3) is 6.08 Å². The van der Waals surface area contributed by atoms with Crippen molar-refractivity contribution < 1.29 is 18.7 Å². The monoisotopic (exact) mass is 376 g/mol. The standard InChI is InChI=1S/C22H20N2O4/c1-22(2)18-8-4-5-9-19(18)24(3)20(22)12-16(25)14-28-21(26)15(13-23)11-17-7-6-10-27-17/h4-12H,14H2,1-3H3/b15-11+,20-12?. The van der Waals surface area contributed by atoms with Crippen molar-refractivity contribution >= 4 is 23.5 Å². The third-order valence-electron chi connectivity index (χ3n) is 4.75. The van der Waals surface area contributed by atoms with Crippen molar-refractivity contribution in [2.45, 2.75) is 19.3 Å². The predicted octanol–water partition coefficient (Wildman–Crippen LogP) is 3.61. The summed E-state index contributed by atoms with van der Waals surface area (Å²) in [6, 6.07) is 13.0. The fourth-order valence-corrected chi connectivity index (χ4v) is 3.32. The summed E-state index contributed by atoms with van der Waals surface area (Å²) in [6.07, 6.45) is 4.20. The van der Waals surface area contributed by atoms with Crippen LogP contribution in [0.2, 0.25) is 0 Å². The van der Waals surface area contributed by atoms with Crippen LogP contribution in [-0.4, -0.2) is 25.4 Å². The van der Waals surface area contributed by atoms with E-state index in [2.05, 4.69) is 0 Å². The van der Waals surface area contributed by atoms with Crippen molar-refractivity contribution in [2.24, 2.45) is 0 Å². The molecule has 1 aromatic carbocycles. The van der Waals surface area contributed by atoms with Crippen LogP contribution in [0.3, 0.4) is 0 Å². The summed E-state index contributed by atoms with van der Waals surface area (Å²) in [6.45, 7) is 3.64. The number of allylic oxidation sites excluding steroid dienone is 1. The topological polar surface area (TPSA) is 83.5 Å². The maximum atomic E-state index is 12.4. The fraction of sp³-hybridized carbons (Fsp3) is 0.227. The Balaban J connectivity index is 1.71. The summed E-state index contributed by atoms with van der Waals surface area (Å²) >= 11 is 0. The molecule has 0 atom stereocenters. The Hall–Kier alpha value is -3.59. The second kappa shape index (κ2) is 7.57. The number of para-hydroxylation sites is 1. The lowest BCUT2D eigenvalue weighted by atomic mass is 9.83. The number of nitrogens with zero attached hydrogens (tertiary/aromatic N) is 2. The van der Waals surface area contributed by atoms with E-state index in [0.717, 1.165) is 16.9 Å². The molecule has 0 radical (unpaired) electrons. The van der Waals surface area contributed by atoms with Gasteiger partial charge in [0.2, 0.25) is 0 Å². The number of carbonyl (C=O) groups excluding carboxylic acids is 2. The van der Waals surface area contributed by atoms with Crippen LogP contribution >= 0.6 is 0 Å². The molecule has 0 bridgehead atoms. The molecule has 0 spiro atoms. The Kier molecular flexibility index (Phi) is 5.18. The van der Waals surface area contributed by atoms with Gasteiger partial charge in [0, 0.05) is 36.0 Å². The Labute approximate surface area is 163 Å². The largest absolute Gasteiger partial charge is 0.465 e. The normalized spacial score (nSPS) is 16.6. The highest BCUT2D eigenvalue weighted by Gasteiger charge is 2.38. The molecule has 2 aromatic rings. The number of fused-ring (bicyclic) bond motifs is 1. The van der Waals surface area contributed by atoms with Gasteiger partial charge in [-0.3, -0.25) is 4.79 Å². The molecule has 0 amide bonds. The van der Waals surface area contributed by atoms with Gasteiger partial charge in [-0.1, -0.05) is 32.0 Å². The first-order chi connectivity index (χ1) is 13.3. The summed E-state index contributed by atoms with van der Waals surface area (Å²) in [7, 11) is 1.90. The third-order valence-corrected chi connectivity index (χ3v) is 4.75. The van der Waals surface area contributed by atoms with Crippen molar-refractivity contribution in [1.29, 1.82) is 5.26 Å². The van der Waals surface area contributed by atoms with Gasteiger partial charge in [0.25, 0.3) is 0 Å². The van der Waals surface area contributed by atoms with E-state index < -0.39 is 12.6 Å². The average Bonchev–Trinajstić information content (AvgIpc) is 3.26. The van der Waals surface area contributed by atoms with Crippen molar-refractivity contribution in [1.82, 2.24) is 0 Å². The predicted molar refractivity (Wildman–Crippen MR) is 104 cm³/mol. The minimum Gasteiger partial charge on any atom is -0.465 e. The molecular weight excluding hydrogens is 356 g/mol. The van der Waals surface area contributed by atoms with Crippen LogP contribution in [0.1, 0.15) is 25.2 Å². The van der Waals surface area contributed by atoms with Crippen LogP contribution in [0, 0.1) is 11.3 Å². The maximum Gasteiger partial charge on any atom is 0.349 e. The molecule has 0 saturated carbocycles. The molecule has 1 aliphatic heterocycles. The summed E-state index contributed by atoms with van der Waals surface area (Å²) in [5.74, 6) is -0.867. The van der Waals surface area contributed by atoms with Gasteiger partial charge >= 0.3 is 5.97 Å². The van der Waals surface area contributed by atoms with Gasteiger partial charge < -0.3 is 14.1 Å². The van der Waals surface area contributed by atoms with Gasteiger partial charge in [-0.2, -0.15) is 5.26 Å². The molecule has 0 saturated heterocycles. The number of benzene rings is 1. The Morgan fingerprint density at radius 2 is 2.00 bits per heavy atom. The molecule has 0 fully saturated rings. The smallest absolute Gasteiger partial charge is 0.349 e. The first-order valence-corrected chi connectivity index (χ1v) is 8.75. The number of nitriles is 1. The van der Waals surface area contributed by atoms with Crippen molar-refractivity contribution in [3.63, 3.8) is 0 Å². The number of furan rings is 1. The lowest BCUT2D eigenvalue weighted by molar-refractivity contribution is -0.142. The summed E-state index contributed by atoms with van der Waals surface area (Å²) in [5, 5.41) is 9.13. The number of ketones is 1. The number of likely N-dealkylation sites (N-methyl/N-ethyl adjacent to an activating group) is 1. The van der Waals surface area contributed by atoms with E-state index in [9.17, 15) is 9.59 Å². The number of hydrogen-bond acceptors (Lipinski definition) is 6. The van der Waals surface area contributed by atoms with E-state index in [1.54, 1.807) is 18.2 Å². The molecule has 2 heterocycles. The first kappa shape index (κ1) is 19.2. The molecule has 6 nitrogen and oxygen atoms in total. The molecule has 1 aromatic heterocycles. The van der Waals surface area contributed by atoms with E-state index >= 15 is 0 Å². The zero-order valence-electron chi connectivity index (χ0n) is 15.9. The van der Waals surface area contributed by atoms with Gasteiger partial charge in [0.1, 0.15) is 17.4 Å². The van der Waals surface area contributed by atoms with E-state index in [1.807, 2.05) is 50.1 Å². The number of anilines is 1. The average molecular weight is 376 g/mol. The molecule has 142 valence electrons. The van der Waals surface area contributed by atoms with Crippen LogP contribution in [0.5, 0.6) is 0 Å². The molecule has 3 rings (SSSR count). The molecule has 0 N–H and O–H groups in total. The second-order valence-electron chi connectivity index (χ2n) is 6.96. The number of esters is 1. The molecular formula is C22H20N2O4. The number of rotatable bonds is 5. The quantitative estimate of drug-likeness (QED) is 0.450. The van der Waals surface area contributed by atoms with Gasteiger partial charge in [-0.15, -0.1) is 0 Å². The summed E-state index contributed by atoms with van der Waals surface area (Å²) in [4.78, 5) is 26.5. The van der Waals surface area contributed by atoms with Crippen molar-refractivity contribution in [3.8, 4) is 6.07 Å². The van der Waals surface area contributed by atoms with Gasteiger partial charge in [-0.05, 0) is 23.8 Å². The highest BCUT2D eigenvalue weighted by atomic mass is 16.5. The molecule has 0 unspecified atom stereocenters. The Morgan fingerprint density at radius 3 is 2.64 bits per heavy atom. The van der Waals surface area contributed by atoms with Gasteiger partial charge in [0.15, 0.2) is 12.4 Å². The van der Waals surface area contributed by atoms with Crippen LogP contribution in [0.15, 0.2) is 64.4 Å². The minimum atomic E-state index is -0.868. The number of carbonyl (C=O) groups is 2. The molecule has 6 heteroatoms. The van der Waals surface area contributed by atoms with E-state index in [1.165, 1.54) is 18.4 Å². The van der Waals surface area contributed by atoms with Crippen LogP contribution in [0.4, 0.5) is 5.69 Å². The highest BCUT2D eigenvalue weighted by molar-refractivity contribution is 6.00. The van der Waals surface area contributed by atoms with E-state index in [0.29, 0.717) is 5.76 Å². The van der Waals surface area contributed by atoms with Crippen LogP contribution < -0.4 is 4.90 Å². The first-order valence-electron chi connectivity index (χ1n) is 8.75. The zero-order valence-corrected chi connectivity index (χ0v) is 15.9. The van der Waals surface area contributed by atoms with Gasteiger partial charge in [0.05, 0.1) is 6.26 Å². The summed E-state index contributed by atoms with van der Waals surface area (Å²) < 4.78 is 10.1. The lowest BCUT2D eigenvalue weighted by Crippen LogP contribution is -2.25. The van der Waals surface area contributed by atoms with Crippen molar-refractivity contribution in [2.75, 3.05) is 18.6 Å². The van der Waals surface area contributed by atoms with Crippen LogP contribution in [-0.2, 0) is 19.7 Å². The lowest BCUT2D eigenvalue weighted by Gasteiger charge is -2.23. The Bertz CT molecular complexity index is 1010. The molecule has 0 aliphatic carbocycles. The highest BCUT2D eigenvalue weighted by Crippen LogP contribution is 2.46. The van der Waals surface area contributed by atoms with Gasteiger partial charge in [-0.25, -0.2) is 4.79 Å². The Morgan fingerprint density at radius 1 is 1.25 bits per heavy atom. The third kappa shape index (κ3) is 3.60. The summed E-state index contributed by atoms with van der Waals surface area (Å²) in [5.41, 5.74) is 2.41. The second-order valence-corrected chi connectivity index (χ2v) is 6.96. The molecule has 1 aliphatic rings. The molecule has 28 heavy (non-hydrogen) atoms. The number of ether oxygens (including phenoxy) is 1. The van der Waals surface area contributed by atoms with E-state index in [-0.39, 0.29) is 16.8 Å². The fourth-order valence-electron chi connectivity index (χ4n) is 3.32. The zero-order chi connectivity index (χ0) is 20.3. The minimum absolute atomic E-state index is 0.235. The maximum absolute atomic E-state index is 12.4. The SMILES string of the molecule is CN1C(=CC(=O)COC(=O)/C(C#N)=C/c2ccco2)C(C)(C)c2ccccc21. The number of hydrogen-bond donors (Lipinski definition) is 0. The van der Waals surface area contributed by atoms with Crippen molar-refractivity contribution in [3.05, 3.63) is 71.3 Å². The van der Waals surface area contributed by atoms with E-state index in [4.69, 9.17) is 14.4 Å².